The molecule has 2 aromatic heterocycles. The number of benzene rings is 1. The molecule has 0 saturated carbocycles. The summed E-state index contributed by atoms with van der Waals surface area (Å²) in [5, 5.41) is 19.0. The number of nitrogens with two attached hydrogens (primary N) is 1. The summed E-state index contributed by atoms with van der Waals surface area (Å²) in [5.41, 5.74) is 8.12. The van der Waals surface area contributed by atoms with Crippen LogP contribution >= 0.6 is 0 Å². The molecule has 0 fully saturated rings. The summed E-state index contributed by atoms with van der Waals surface area (Å²) in [4.78, 5) is 8.18. The molecule has 0 aliphatic carbocycles. The van der Waals surface area contributed by atoms with Gasteiger partial charge in [0, 0.05) is 11.6 Å². The van der Waals surface area contributed by atoms with E-state index in [1.807, 2.05) is 24.3 Å². The maximum absolute atomic E-state index is 9.20. The molecule has 3 rings (SSSR count). The first-order valence-corrected chi connectivity index (χ1v) is 5.77. The number of rotatable bonds is 1. The fourth-order valence-electron chi connectivity index (χ4n) is 2.11. The van der Waals surface area contributed by atoms with Crippen molar-refractivity contribution in [2.75, 3.05) is 5.73 Å². The molecular weight excluding hydrogens is 252 g/mol. The molecular formula is C14H8N6. The fraction of sp³-hybridized carbons (Fsp3) is 0. The van der Waals surface area contributed by atoms with Gasteiger partial charge in [-0.2, -0.15) is 10.5 Å². The smallest absolute Gasteiger partial charge is 0.177 e. The number of hydrogen-bond donors (Lipinski definition) is 1. The van der Waals surface area contributed by atoms with Crippen molar-refractivity contribution >= 4 is 16.6 Å². The molecule has 6 nitrogen and oxygen atoms in total. The molecule has 1 aromatic carbocycles. The zero-order valence-electron chi connectivity index (χ0n) is 10.3. The van der Waals surface area contributed by atoms with Gasteiger partial charge in [-0.25, -0.2) is 4.98 Å². The molecule has 0 atom stereocenters. The van der Waals surface area contributed by atoms with Gasteiger partial charge in [0.2, 0.25) is 0 Å². The van der Waals surface area contributed by atoms with Gasteiger partial charge in [0.1, 0.15) is 18.5 Å². The lowest BCUT2D eigenvalue weighted by molar-refractivity contribution is 1.04. The number of aromatic nitrogens is 3. The van der Waals surface area contributed by atoms with Crippen molar-refractivity contribution in [2.24, 2.45) is 0 Å². The minimum atomic E-state index is 0.0985. The molecule has 0 spiro atoms. The summed E-state index contributed by atoms with van der Waals surface area (Å²) in [6, 6.07) is 11.1. The third kappa shape index (κ3) is 1.57. The van der Waals surface area contributed by atoms with Crippen molar-refractivity contribution in [1.29, 1.82) is 10.5 Å². The molecule has 20 heavy (non-hydrogen) atoms. The Kier molecular flexibility index (Phi) is 2.56. The average molecular weight is 260 g/mol. The summed E-state index contributed by atoms with van der Waals surface area (Å²) in [6.07, 6.45) is 3.07. The van der Waals surface area contributed by atoms with E-state index < -0.39 is 0 Å². The Morgan fingerprint density at radius 2 is 1.95 bits per heavy atom. The van der Waals surface area contributed by atoms with E-state index in [2.05, 4.69) is 9.97 Å². The van der Waals surface area contributed by atoms with E-state index in [1.54, 1.807) is 22.9 Å². The molecule has 0 bridgehead atoms. The van der Waals surface area contributed by atoms with Crippen LogP contribution in [0.2, 0.25) is 0 Å². The number of nitriles is 2. The highest BCUT2D eigenvalue weighted by molar-refractivity contribution is 5.94. The monoisotopic (exact) mass is 260 g/mol. The Morgan fingerprint density at radius 1 is 1.10 bits per heavy atom. The molecule has 0 amide bonds. The lowest BCUT2D eigenvalue weighted by Crippen LogP contribution is -1.99. The molecule has 2 N–H and O–H groups in total. The maximum Gasteiger partial charge on any atom is 0.177 e. The predicted molar refractivity (Wildman–Crippen MR) is 72.7 cm³/mol. The van der Waals surface area contributed by atoms with E-state index in [0.717, 1.165) is 5.39 Å². The van der Waals surface area contributed by atoms with Gasteiger partial charge in [-0.05, 0) is 12.1 Å². The van der Waals surface area contributed by atoms with Gasteiger partial charge in [0.05, 0.1) is 16.9 Å². The maximum atomic E-state index is 9.20. The number of anilines is 1. The summed E-state index contributed by atoms with van der Waals surface area (Å²) in [6.45, 7) is 0. The van der Waals surface area contributed by atoms with E-state index in [1.165, 1.54) is 6.33 Å². The van der Waals surface area contributed by atoms with Crippen molar-refractivity contribution in [2.45, 2.75) is 0 Å². The van der Waals surface area contributed by atoms with Crippen molar-refractivity contribution in [3.63, 3.8) is 0 Å². The largest absolute Gasteiger partial charge is 0.397 e. The SMILES string of the molecule is N#Cc1ncn(-c2ccnc3c(N)cccc23)c1C#N. The van der Waals surface area contributed by atoms with Crippen LogP contribution in [0, 0.1) is 22.7 Å². The molecule has 0 saturated heterocycles. The molecule has 0 unspecified atom stereocenters. The van der Waals surface area contributed by atoms with E-state index in [9.17, 15) is 5.26 Å². The minimum absolute atomic E-state index is 0.0985. The molecule has 94 valence electrons. The van der Waals surface area contributed by atoms with Gasteiger partial charge >= 0.3 is 0 Å². The second-order valence-electron chi connectivity index (χ2n) is 4.11. The van der Waals surface area contributed by atoms with Crippen LogP contribution in [-0.2, 0) is 0 Å². The first-order chi connectivity index (χ1) is 9.76. The number of nitrogens with zero attached hydrogens (tertiary/aromatic N) is 5. The molecule has 0 radical (unpaired) electrons. The molecule has 0 aliphatic rings. The Labute approximate surface area is 114 Å². The highest BCUT2D eigenvalue weighted by Crippen LogP contribution is 2.25. The highest BCUT2D eigenvalue weighted by atomic mass is 15.1. The van der Waals surface area contributed by atoms with Gasteiger partial charge in [-0.15, -0.1) is 0 Å². The third-order valence-electron chi connectivity index (χ3n) is 3.02. The van der Waals surface area contributed by atoms with Gasteiger partial charge in [0.25, 0.3) is 0 Å². The lowest BCUT2D eigenvalue weighted by Gasteiger charge is -2.08. The van der Waals surface area contributed by atoms with Gasteiger partial charge in [-0.1, -0.05) is 12.1 Å². The van der Waals surface area contributed by atoms with Crippen LogP contribution in [0.25, 0.3) is 16.6 Å². The Bertz CT molecular complexity index is 894. The summed E-state index contributed by atoms with van der Waals surface area (Å²) >= 11 is 0. The van der Waals surface area contributed by atoms with Gasteiger partial charge in [0.15, 0.2) is 11.4 Å². The highest BCUT2D eigenvalue weighted by Gasteiger charge is 2.14. The van der Waals surface area contributed by atoms with Crippen molar-refractivity contribution < 1.29 is 0 Å². The van der Waals surface area contributed by atoms with Crippen LogP contribution in [0.5, 0.6) is 0 Å². The number of nitrogen functional groups attached to an aromatic ring is 1. The molecule has 3 aromatic rings. The first-order valence-electron chi connectivity index (χ1n) is 5.77. The topological polar surface area (TPSA) is 104 Å². The van der Waals surface area contributed by atoms with E-state index in [4.69, 9.17) is 11.0 Å². The minimum Gasteiger partial charge on any atom is -0.397 e. The van der Waals surface area contributed by atoms with Crippen molar-refractivity contribution in [3.8, 4) is 17.8 Å². The van der Waals surface area contributed by atoms with Crippen LogP contribution in [0.1, 0.15) is 11.4 Å². The second kappa shape index (κ2) is 4.38. The number of fused-ring (bicyclic) bond motifs is 1. The summed E-state index contributed by atoms with van der Waals surface area (Å²) < 4.78 is 1.57. The Hall–Kier alpha value is -3.38. The van der Waals surface area contributed by atoms with E-state index in [-0.39, 0.29) is 11.4 Å². The number of para-hydroxylation sites is 1. The Morgan fingerprint density at radius 3 is 2.70 bits per heavy atom. The zero-order valence-corrected chi connectivity index (χ0v) is 10.3. The second-order valence-corrected chi connectivity index (χ2v) is 4.11. The van der Waals surface area contributed by atoms with Gasteiger partial charge < -0.3 is 5.73 Å². The summed E-state index contributed by atoms with van der Waals surface area (Å²) in [5.74, 6) is 0. The van der Waals surface area contributed by atoms with Crippen molar-refractivity contribution in [1.82, 2.24) is 14.5 Å². The van der Waals surface area contributed by atoms with Crippen LogP contribution in [0.4, 0.5) is 5.69 Å². The zero-order chi connectivity index (χ0) is 14.1. The average Bonchev–Trinajstić information content (AvgIpc) is 2.90. The predicted octanol–water partition coefficient (Wildman–Crippen LogP) is 1.75. The molecule has 2 heterocycles. The fourth-order valence-corrected chi connectivity index (χ4v) is 2.11. The van der Waals surface area contributed by atoms with Gasteiger partial charge in [-0.3, -0.25) is 9.55 Å². The van der Waals surface area contributed by atoms with Crippen LogP contribution in [0.3, 0.4) is 0 Å². The standard InChI is InChI=1S/C14H8N6/c15-6-11-13(7-16)20(8-19-11)12-4-5-18-14-9(12)2-1-3-10(14)17/h1-5,8H,17H2. The van der Waals surface area contributed by atoms with Crippen LogP contribution in [0.15, 0.2) is 36.8 Å². The lowest BCUT2D eigenvalue weighted by atomic mass is 10.1. The Balaban J connectivity index is 2.37. The molecule has 6 heteroatoms. The number of imidazole rings is 1. The van der Waals surface area contributed by atoms with E-state index in [0.29, 0.717) is 16.9 Å². The van der Waals surface area contributed by atoms with Crippen molar-refractivity contribution in [3.05, 3.63) is 48.2 Å². The number of pyridine rings is 1. The molecule has 0 aliphatic heterocycles. The quantitative estimate of drug-likeness (QED) is 0.671. The first kappa shape index (κ1) is 11.7. The van der Waals surface area contributed by atoms with Crippen LogP contribution < -0.4 is 5.73 Å². The van der Waals surface area contributed by atoms with Crippen LogP contribution in [-0.4, -0.2) is 14.5 Å². The normalized spacial score (nSPS) is 10.1. The summed E-state index contributed by atoms with van der Waals surface area (Å²) in [7, 11) is 0. The number of hydrogen-bond acceptors (Lipinski definition) is 5. The third-order valence-corrected chi connectivity index (χ3v) is 3.02. The van der Waals surface area contributed by atoms with E-state index >= 15 is 0 Å².